The number of carbonyl (C=O) groups is 1. The Bertz CT molecular complexity index is 1180. The maximum absolute atomic E-state index is 13.2. The molecule has 0 atom stereocenters. The Morgan fingerprint density at radius 2 is 1.69 bits per heavy atom. The first-order chi connectivity index (χ1) is 17.2. The molecule has 2 aliphatic rings. The van der Waals surface area contributed by atoms with E-state index in [0.717, 1.165) is 25.9 Å². The van der Waals surface area contributed by atoms with Crippen LogP contribution < -0.4 is 15.4 Å². The molecule has 0 aliphatic carbocycles. The normalized spacial score (nSPS) is 18.2. The number of halogens is 3. The zero-order valence-electron chi connectivity index (χ0n) is 19.7. The van der Waals surface area contributed by atoms with Gasteiger partial charge in [0.1, 0.15) is 11.9 Å². The Morgan fingerprint density at radius 3 is 2.36 bits per heavy atom. The summed E-state index contributed by atoms with van der Waals surface area (Å²) in [7, 11) is -3.67. The van der Waals surface area contributed by atoms with Crippen LogP contribution >= 0.6 is 34.8 Å². The molecular weight excluding hydrogens is 547 g/mol. The minimum Gasteiger partial charge on any atom is -0.489 e. The summed E-state index contributed by atoms with van der Waals surface area (Å²) >= 11 is 18.2. The molecule has 2 N–H and O–H groups in total. The Morgan fingerprint density at radius 1 is 0.972 bits per heavy atom. The lowest BCUT2D eigenvalue weighted by Gasteiger charge is -2.34. The summed E-state index contributed by atoms with van der Waals surface area (Å²) in [4.78, 5) is 14.6. The number of hydrogen-bond donors (Lipinski definition) is 2. The summed E-state index contributed by atoms with van der Waals surface area (Å²) in [6.07, 6.45) is 1.85. The molecule has 12 heteroatoms. The van der Waals surface area contributed by atoms with Gasteiger partial charge in [0.2, 0.25) is 10.0 Å². The number of sulfonamides is 1. The first-order valence-corrected chi connectivity index (χ1v) is 14.4. The van der Waals surface area contributed by atoms with E-state index in [1.165, 1.54) is 16.4 Å². The van der Waals surface area contributed by atoms with Crippen LogP contribution in [-0.4, -0.2) is 82.0 Å². The van der Waals surface area contributed by atoms with Gasteiger partial charge in [-0.3, -0.25) is 9.69 Å². The highest BCUT2D eigenvalue weighted by Gasteiger charge is 2.29. The van der Waals surface area contributed by atoms with Gasteiger partial charge in [-0.05, 0) is 62.3 Å². The first-order valence-electron chi connectivity index (χ1n) is 11.9. The van der Waals surface area contributed by atoms with Crippen LogP contribution in [0.1, 0.15) is 23.2 Å². The molecule has 2 aromatic rings. The highest BCUT2D eigenvalue weighted by Crippen LogP contribution is 2.31. The topological polar surface area (TPSA) is 91.0 Å². The van der Waals surface area contributed by atoms with E-state index in [9.17, 15) is 13.2 Å². The van der Waals surface area contributed by atoms with Gasteiger partial charge in [-0.15, -0.1) is 0 Å². The van der Waals surface area contributed by atoms with E-state index in [-0.39, 0.29) is 16.9 Å². The fourth-order valence-corrected chi connectivity index (χ4v) is 6.28. The van der Waals surface area contributed by atoms with E-state index >= 15 is 0 Å². The molecule has 0 saturated carbocycles. The van der Waals surface area contributed by atoms with Gasteiger partial charge in [-0.25, -0.2) is 8.42 Å². The van der Waals surface area contributed by atoms with E-state index in [4.69, 9.17) is 39.5 Å². The predicted octanol–water partition coefficient (Wildman–Crippen LogP) is 3.51. The van der Waals surface area contributed by atoms with E-state index in [0.29, 0.717) is 65.6 Å². The molecule has 2 saturated heterocycles. The van der Waals surface area contributed by atoms with Gasteiger partial charge in [-0.1, -0.05) is 34.8 Å². The molecule has 0 aromatic heterocycles. The number of piperidine rings is 1. The predicted molar refractivity (Wildman–Crippen MR) is 142 cm³/mol. The SMILES string of the molecule is O=C(NCCN1CCN(S(=O)(=O)c2ccc(OC3CCNCC3)c(Cl)c2)CC1)c1ccc(Cl)c(Cl)c1. The van der Waals surface area contributed by atoms with Gasteiger partial charge in [0.05, 0.1) is 20.0 Å². The minimum absolute atomic E-state index is 0.0769. The number of amides is 1. The molecular formula is C24H29Cl3N4O4S. The Balaban J connectivity index is 1.26. The highest BCUT2D eigenvalue weighted by molar-refractivity contribution is 7.89. The summed E-state index contributed by atoms with van der Waals surface area (Å²) in [5.41, 5.74) is 0.436. The van der Waals surface area contributed by atoms with Crippen LogP contribution in [0.15, 0.2) is 41.3 Å². The summed E-state index contributed by atoms with van der Waals surface area (Å²) in [5, 5.41) is 7.15. The molecule has 2 aromatic carbocycles. The van der Waals surface area contributed by atoms with Crippen molar-refractivity contribution < 1.29 is 17.9 Å². The fraction of sp³-hybridized carbons (Fsp3) is 0.458. The van der Waals surface area contributed by atoms with Gasteiger partial charge in [0, 0.05) is 44.8 Å². The van der Waals surface area contributed by atoms with Crippen LogP contribution in [0.2, 0.25) is 15.1 Å². The van der Waals surface area contributed by atoms with Crippen LogP contribution in [0.5, 0.6) is 5.75 Å². The number of nitrogens with one attached hydrogen (secondary N) is 2. The average Bonchev–Trinajstić information content (AvgIpc) is 2.87. The summed E-state index contributed by atoms with van der Waals surface area (Å²) in [6, 6.07) is 9.40. The zero-order valence-corrected chi connectivity index (χ0v) is 22.8. The number of ether oxygens (including phenoxy) is 1. The first kappa shape index (κ1) is 27.4. The van der Waals surface area contributed by atoms with Crippen LogP contribution in [0.3, 0.4) is 0 Å². The summed E-state index contributed by atoms with van der Waals surface area (Å²) in [6.45, 7) is 4.66. The molecule has 0 bridgehead atoms. The lowest BCUT2D eigenvalue weighted by Crippen LogP contribution is -2.50. The van der Waals surface area contributed by atoms with Crippen molar-refractivity contribution in [3.63, 3.8) is 0 Å². The third-order valence-corrected chi connectivity index (χ3v) is 9.28. The number of hydrogen-bond acceptors (Lipinski definition) is 6. The summed E-state index contributed by atoms with van der Waals surface area (Å²) < 4.78 is 33.8. The van der Waals surface area contributed by atoms with Gasteiger partial charge in [-0.2, -0.15) is 4.31 Å². The van der Waals surface area contributed by atoms with Gasteiger partial charge >= 0.3 is 0 Å². The second kappa shape index (κ2) is 12.3. The highest BCUT2D eigenvalue weighted by atomic mass is 35.5. The van der Waals surface area contributed by atoms with Crippen molar-refractivity contribution in [2.75, 3.05) is 52.4 Å². The van der Waals surface area contributed by atoms with Crippen LogP contribution in [-0.2, 0) is 10.0 Å². The van der Waals surface area contributed by atoms with Crippen molar-refractivity contribution in [2.24, 2.45) is 0 Å². The number of rotatable bonds is 8. The van der Waals surface area contributed by atoms with Gasteiger partial charge in [0.15, 0.2) is 0 Å². The third kappa shape index (κ3) is 6.83. The number of piperazine rings is 1. The maximum Gasteiger partial charge on any atom is 0.251 e. The lowest BCUT2D eigenvalue weighted by molar-refractivity contribution is 0.0945. The second-order valence-corrected chi connectivity index (χ2v) is 11.9. The Labute approximate surface area is 226 Å². The fourth-order valence-electron chi connectivity index (χ4n) is 4.24. The smallest absolute Gasteiger partial charge is 0.251 e. The molecule has 2 fully saturated rings. The van der Waals surface area contributed by atoms with Crippen LogP contribution in [0.25, 0.3) is 0 Å². The maximum atomic E-state index is 13.2. The molecule has 0 radical (unpaired) electrons. The van der Waals surface area contributed by atoms with Gasteiger partial charge in [0.25, 0.3) is 5.91 Å². The van der Waals surface area contributed by atoms with E-state index in [1.54, 1.807) is 24.3 Å². The molecule has 4 rings (SSSR count). The van der Waals surface area contributed by atoms with E-state index in [1.807, 2.05) is 0 Å². The zero-order chi connectivity index (χ0) is 25.7. The monoisotopic (exact) mass is 574 g/mol. The van der Waals surface area contributed by atoms with Crippen LogP contribution in [0.4, 0.5) is 0 Å². The Kier molecular flexibility index (Phi) is 9.38. The standard InChI is InChI=1S/C24H29Cl3N4O4S/c25-20-3-1-17(15-21(20)26)24(32)29-9-10-30-11-13-31(14-12-30)36(33,34)19-2-4-23(22(27)16-19)35-18-5-7-28-8-6-18/h1-4,15-16,18,28H,5-14H2,(H,29,32). The number of carbonyl (C=O) groups excluding carboxylic acids is 1. The molecule has 0 spiro atoms. The molecule has 0 unspecified atom stereocenters. The average molecular weight is 576 g/mol. The molecule has 2 heterocycles. The molecule has 8 nitrogen and oxygen atoms in total. The third-order valence-electron chi connectivity index (χ3n) is 6.35. The van der Waals surface area contributed by atoms with Crippen molar-refractivity contribution in [3.8, 4) is 5.75 Å². The van der Waals surface area contributed by atoms with Gasteiger partial charge < -0.3 is 15.4 Å². The molecule has 1 amide bonds. The Hall–Kier alpha value is -1.59. The van der Waals surface area contributed by atoms with Crippen molar-refractivity contribution in [2.45, 2.75) is 23.8 Å². The molecule has 196 valence electrons. The van der Waals surface area contributed by atoms with Crippen molar-refractivity contribution in [3.05, 3.63) is 57.0 Å². The van der Waals surface area contributed by atoms with Crippen LogP contribution in [0, 0.1) is 0 Å². The lowest BCUT2D eigenvalue weighted by atomic mass is 10.1. The molecule has 2 aliphatic heterocycles. The second-order valence-electron chi connectivity index (χ2n) is 8.79. The molecule has 36 heavy (non-hydrogen) atoms. The van der Waals surface area contributed by atoms with Crippen molar-refractivity contribution in [1.82, 2.24) is 19.8 Å². The largest absolute Gasteiger partial charge is 0.489 e. The minimum atomic E-state index is -3.67. The number of nitrogens with zero attached hydrogens (tertiary/aromatic N) is 2. The van der Waals surface area contributed by atoms with E-state index < -0.39 is 10.0 Å². The van der Waals surface area contributed by atoms with Crippen molar-refractivity contribution >= 4 is 50.7 Å². The van der Waals surface area contributed by atoms with Crippen molar-refractivity contribution in [1.29, 1.82) is 0 Å². The number of benzene rings is 2. The van der Waals surface area contributed by atoms with E-state index in [2.05, 4.69) is 15.5 Å². The quantitative estimate of drug-likeness (QED) is 0.501. The summed E-state index contributed by atoms with van der Waals surface area (Å²) in [5.74, 6) is 0.273.